The Hall–Kier alpha value is -1.97. The van der Waals surface area contributed by atoms with E-state index in [1.54, 1.807) is 6.20 Å². The molecule has 0 radical (unpaired) electrons. The van der Waals surface area contributed by atoms with E-state index in [1.165, 1.54) is 0 Å². The fourth-order valence-corrected chi connectivity index (χ4v) is 1.34. The van der Waals surface area contributed by atoms with Gasteiger partial charge >= 0.3 is 0 Å². The Kier molecular flexibility index (Phi) is 2.88. The number of hydrogen-bond donors (Lipinski definition) is 2. The third-order valence-corrected chi connectivity index (χ3v) is 2.15. The van der Waals surface area contributed by atoms with Crippen molar-refractivity contribution in [3.63, 3.8) is 0 Å². The van der Waals surface area contributed by atoms with Gasteiger partial charge in [-0.05, 0) is 19.1 Å². The van der Waals surface area contributed by atoms with Crippen LogP contribution < -0.4 is 10.9 Å². The number of nitrogens with one attached hydrogen (secondary N) is 2. The molecule has 4 nitrogen and oxygen atoms in total. The summed E-state index contributed by atoms with van der Waals surface area (Å²) in [5.41, 5.74) is 7.17. The number of aryl methyl sites for hydroxylation is 1. The third-order valence-electron chi connectivity index (χ3n) is 2.15. The number of rotatable bonds is 4. The molecule has 0 aliphatic rings. The molecule has 1 aromatic carbocycles. The molecule has 0 unspecified atom stereocenters. The van der Waals surface area contributed by atoms with E-state index in [1.807, 2.05) is 41.1 Å². The van der Waals surface area contributed by atoms with E-state index in [-0.39, 0.29) is 0 Å². The summed E-state index contributed by atoms with van der Waals surface area (Å²) >= 11 is 0. The highest BCUT2D eigenvalue weighted by Gasteiger charge is 1.98. The molecule has 0 fully saturated rings. The SMILES string of the molecule is [13CH3]Cn1ccnc1NNc1ccccc1. The van der Waals surface area contributed by atoms with Gasteiger partial charge in [-0.25, -0.2) is 4.98 Å². The first-order valence-electron chi connectivity index (χ1n) is 4.98. The molecule has 1 heterocycles. The summed E-state index contributed by atoms with van der Waals surface area (Å²) in [6.07, 6.45) is 3.72. The number of nitrogens with zero attached hydrogens (tertiary/aromatic N) is 2. The topological polar surface area (TPSA) is 41.9 Å². The van der Waals surface area contributed by atoms with Gasteiger partial charge in [0.1, 0.15) is 0 Å². The molecule has 0 aliphatic carbocycles. The van der Waals surface area contributed by atoms with Crippen LogP contribution >= 0.6 is 0 Å². The van der Waals surface area contributed by atoms with Crippen LogP contribution in [0.1, 0.15) is 6.92 Å². The second-order valence-electron chi connectivity index (χ2n) is 3.15. The molecular formula is C11H14N4. The van der Waals surface area contributed by atoms with Crippen LogP contribution in [0.3, 0.4) is 0 Å². The first kappa shape index (κ1) is 9.58. The lowest BCUT2D eigenvalue weighted by atomic mass is 10.3. The highest BCUT2D eigenvalue weighted by molar-refractivity contribution is 5.47. The zero-order chi connectivity index (χ0) is 10.5. The van der Waals surface area contributed by atoms with Gasteiger partial charge in [-0.3, -0.25) is 10.9 Å². The Labute approximate surface area is 88.9 Å². The minimum atomic E-state index is 0.821. The summed E-state index contributed by atoms with van der Waals surface area (Å²) in [7, 11) is 0. The Morgan fingerprint density at radius 1 is 1.20 bits per heavy atom. The van der Waals surface area contributed by atoms with Crippen LogP contribution in [0.25, 0.3) is 0 Å². The second kappa shape index (κ2) is 4.50. The maximum atomic E-state index is 4.19. The van der Waals surface area contributed by atoms with E-state index in [9.17, 15) is 0 Å². The largest absolute Gasteiger partial charge is 0.316 e. The highest BCUT2D eigenvalue weighted by atomic mass is 15.4. The maximum Gasteiger partial charge on any atom is 0.221 e. The number of hydrazine groups is 1. The van der Waals surface area contributed by atoms with Gasteiger partial charge in [-0.15, -0.1) is 0 Å². The molecule has 0 atom stereocenters. The van der Waals surface area contributed by atoms with Crippen molar-refractivity contribution in [3.8, 4) is 0 Å². The first-order valence-corrected chi connectivity index (χ1v) is 4.98. The quantitative estimate of drug-likeness (QED) is 0.592. The molecule has 15 heavy (non-hydrogen) atoms. The van der Waals surface area contributed by atoms with E-state index in [0.717, 1.165) is 18.2 Å². The van der Waals surface area contributed by atoms with Crippen molar-refractivity contribution in [1.82, 2.24) is 9.55 Å². The van der Waals surface area contributed by atoms with Gasteiger partial charge in [0.15, 0.2) is 0 Å². The Bertz CT molecular complexity index is 408. The Morgan fingerprint density at radius 3 is 2.73 bits per heavy atom. The number of anilines is 2. The summed E-state index contributed by atoms with van der Waals surface area (Å²) < 4.78 is 2.02. The summed E-state index contributed by atoms with van der Waals surface area (Å²) in [5.74, 6) is 0.821. The van der Waals surface area contributed by atoms with Gasteiger partial charge in [-0.1, -0.05) is 18.2 Å². The van der Waals surface area contributed by atoms with E-state index in [0.29, 0.717) is 0 Å². The molecule has 0 bridgehead atoms. The molecule has 2 aromatic rings. The fraction of sp³-hybridized carbons (Fsp3) is 0.182. The molecule has 2 N–H and O–H groups in total. The lowest BCUT2D eigenvalue weighted by Crippen LogP contribution is -2.13. The summed E-state index contributed by atoms with van der Waals surface area (Å²) in [6, 6.07) is 9.93. The average molecular weight is 203 g/mol. The number of hydrogen-bond acceptors (Lipinski definition) is 3. The molecule has 1 aromatic heterocycles. The maximum absolute atomic E-state index is 4.19. The van der Waals surface area contributed by atoms with Crippen molar-refractivity contribution in [2.75, 3.05) is 10.9 Å². The van der Waals surface area contributed by atoms with Crippen LogP contribution in [-0.2, 0) is 6.54 Å². The lowest BCUT2D eigenvalue weighted by Gasteiger charge is -2.09. The lowest BCUT2D eigenvalue weighted by molar-refractivity contribution is 0.769. The van der Waals surface area contributed by atoms with Crippen LogP contribution in [0, 0.1) is 0 Å². The van der Waals surface area contributed by atoms with Crippen molar-refractivity contribution < 1.29 is 0 Å². The molecule has 0 spiro atoms. The zero-order valence-corrected chi connectivity index (χ0v) is 8.64. The molecular weight excluding hydrogens is 189 g/mol. The highest BCUT2D eigenvalue weighted by Crippen LogP contribution is 2.07. The van der Waals surface area contributed by atoms with Crippen LogP contribution in [0.5, 0.6) is 0 Å². The van der Waals surface area contributed by atoms with E-state index < -0.39 is 0 Å². The molecule has 78 valence electrons. The Balaban J connectivity index is 1.99. The van der Waals surface area contributed by atoms with E-state index in [4.69, 9.17) is 0 Å². The number of imidazole rings is 1. The average Bonchev–Trinajstić information content (AvgIpc) is 2.75. The van der Waals surface area contributed by atoms with E-state index >= 15 is 0 Å². The number of benzene rings is 1. The smallest absolute Gasteiger partial charge is 0.221 e. The van der Waals surface area contributed by atoms with Gasteiger partial charge in [0, 0.05) is 18.9 Å². The van der Waals surface area contributed by atoms with Gasteiger partial charge in [0.2, 0.25) is 5.95 Å². The van der Waals surface area contributed by atoms with Crippen LogP contribution in [-0.4, -0.2) is 9.55 Å². The summed E-state index contributed by atoms with van der Waals surface area (Å²) in [5, 5.41) is 0. The van der Waals surface area contributed by atoms with Gasteiger partial charge in [-0.2, -0.15) is 0 Å². The van der Waals surface area contributed by atoms with Crippen LogP contribution in [0.4, 0.5) is 11.6 Å². The molecule has 0 aliphatic heterocycles. The normalized spacial score (nSPS) is 9.93. The molecule has 2 rings (SSSR count). The third kappa shape index (κ3) is 2.28. The minimum Gasteiger partial charge on any atom is -0.316 e. The predicted molar refractivity (Wildman–Crippen MR) is 61.6 cm³/mol. The second-order valence-corrected chi connectivity index (χ2v) is 3.15. The molecule has 0 saturated carbocycles. The van der Waals surface area contributed by atoms with Crippen molar-refractivity contribution in [1.29, 1.82) is 0 Å². The first-order chi connectivity index (χ1) is 7.40. The predicted octanol–water partition coefficient (Wildman–Crippen LogP) is 2.34. The van der Waals surface area contributed by atoms with Crippen molar-refractivity contribution in [2.45, 2.75) is 13.5 Å². The molecule has 0 saturated heterocycles. The fourth-order valence-electron chi connectivity index (χ4n) is 1.34. The van der Waals surface area contributed by atoms with Crippen molar-refractivity contribution >= 4 is 11.6 Å². The van der Waals surface area contributed by atoms with Gasteiger partial charge in [0.25, 0.3) is 0 Å². The summed E-state index contributed by atoms with van der Waals surface area (Å²) in [4.78, 5) is 4.19. The zero-order valence-electron chi connectivity index (χ0n) is 8.64. The molecule has 0 amide bonds. The van der Waals surface area contributed by atoms with Crippen molar-refractivity contribution in [2.24, 2.45) is 0 Å². The molecule has 4 heteroatoms. The van der Waals surface area contributed by atoms with Crippen LogP contribution in [0.15, 0.2) is 42.7 Å². The van der Waals surface area contributed by atoms with Crippen molar-refractivity contribution in [3.05, 3.63) is 42.7 Å². The van der Waals surface area contributed by atoms with Gasteiger partial charge < -0.3 is 4.57 Å². The summed E-state index contributed by atoms with van der Waals surface area (Å²) in [6.45, 7) is 2.98. The Morgan fingerprint density at radius 2 is 2.00 bits per heavy atom. The standard InChI is InChI=1S/C11H14N4/c1-2-15-9-8-12-11(15)14-13-10-6-4-3-5-7-10/h3-9,13H,2H2,1H3,(H,12,14)/i1+1. The number of aromatic nitrogens is 2. The minimum absolute atomic E-state index is 0.821. The monoisotopic (exact) mass is 203 g/mol. The number of para-hydroxylation sites is 1. The van der Waals surface area contributed by atoms with Crippen LogP contribution in [0.2, 0.25) is 0 Å². The van der Waals surface area contributed by atoms with Gasteiger partial charge in [0.05, 0.1) is 5.69 Å². The van der Waals surface area contributed by atoms with E-state index in [2.05, 4.69) is 22.8 Å².